The molecular formula is C14H18ClNO4S. The first-order valence-electron chi connectivity index (χ1n) is 6.75. The van der Waals surface area contributed by atoms with E-state index in [0.29, 0.717) is 17.7 Å². The predicted octanol–water partition coefficient (Wildman–Crippen LogP) is 2.14. The van der Waals surface area contributed by atoms with Gasteiger partial charge in [-0.05, 0) is 49.9 Å². The molecule has 0 spiro atoms. The van der Waals surface area contributed by atoms with Crippen molar-refractivity contribution in [2.75, 3.05) is 13.2 Å². The Morgan fingerprint density at radius 3 is 2.71 bits per heavy atom. The molecule has 1 heterocycles. The van der Waals surface area contributed by atoms with Crippen LogP contribution in [-0.4, -0.2) is 33.6 Å². The van der Waals surface area contributed by atoms with Gasteiger partial charge in [0, 0.05) is 29.4 Å². The maximum Gasteiger partial charge on any atom is 0.261 e. The first-order chi connectivity index (χ1) is 9.79. The molecule has 1 unspecified atom stereocenters. The lowest BCUT2D eigenvalue weighted by Gasteiger charge is -2.13. The summed E-state index contributed by atoms with van der Waals surface area (Å²) < 4.78 is 28.6. The number of hydrogen-bond acceptors (Lipinski definition) is 4. The van der Waals surface area contributed by atoms with E-state index in [9.17, 15) is 13.2 Å². The number of carbonyl (C=O) groups is 1. The molecule has 0 saturated carbocycles. The third-order valence-electron chi connectivity index (χ3n) is 3.66. The summed E-state index contributed by atoms with van der Waals surface area (Å²) in [6, 6.07) is 2.97. The molecule has 0 aliphatic carbocycles. The van der Waals surface area contributed by atoms with Gasteiger partial charge in [0.25, 0.3) is 15.0 Å². The van der Waals surface area contributed by atoms with Gasteiger partial charge in [0.2, 0.25) is 0 Å². The molecule has 1 fully saturated rings. The van der Waals surface area contributed by atoms with Gasteiger partial charge >= 0.3 is 0 Å². The molecule has 21 heavy (non-hydrogen) atoms. The summed E-state index contributed by atoms with van der Waals surface area (Å²) in [6.07, 6.45) is 1.96. The number of hydrogen-bond donors (Lipinski definition) is 1. The van der Waals surface area contributed by atoms with E-state index in [0.717, 1.165) is 19.4 Å². The van der Waals surface area contributed by atoms with E-state index in [1.807, 2.05) is 0 Å². The summed E-state index contributed by atoms with van der Waals surface area (Å²) in [6.45, 7) is 4.56. The lowest BCUT2D eigenvalue weighted by molar-refractivity contribution is 0.0857. The van der Waals surface area contributed by atoms with Crippen molar-refractivity contribution in [3.8, 4) is 0 Å². The molecule has 1 saturated heterocycles. The van der Waals surface area contributed by atoms with Gasteiger partial charge in [0.05, 0.1) is 11.0 Å². The lowest BCUT2D eigenvalue weighted by Crippen LogP contribution is -2.31. The summed E-state index contributed by atoms with van der Waals surface area (Å²) in [5.41, 5.74) is 1.55. The van der Waals surface area contributed by atoms with Gasteiger partial charge in [-0.25, -0.2) is 8.42 Å². The normalized spacial score (nSPS) is 18.7. The fourth-order valence-corrected chi connectivity index (χ4v) is 3.60. The molecule has 1 N–H and O–H groups in total. The Morgan fingerprint density at radius 1 is 1.43 bits per heavy atom. The Labute approximate surface area is 129 Å². The van der Waals surface area contributed by atoms with Gasteiger partial charge in [0.15, 0.2) is 0 Å². The molecule has 0 radical (unpaired) electrons. The van der Waals surface area contributed by atoms with Crippen molar-refractivity contribution < 1.29 is 17.9 Å². The number of halogens is 1. The van der Waals surface area contributed by atoms with Crippen molar-refractivity contribution in [3.05, 3.63) is 28.8 Å². The van der Waals surface area contributed by atoms with Crippen molar-refractivity contribution in [3.63, 3.8) is 0 Å². The van der Waals surface area contributed by atoms with Crippen LogP contribution in [0.4, 0.5) is 0 Å². The van der Waals surface area contributed by atoms with Crippen molar-refractivity contribution in [2.45, 2.75) is 37.7 Å². The molecule has 2 rings (SSSR count). The minimum atomic E-state index is -3.88. The van der Waals surface area contributed by atoms with Crippen LogP contribution in [0.1, 0.15) is 34.3 Å². The topological polar surface area (TPSA) is 72.5 Å². The molecule has 0 bridgehead atoms. The van der Waals surface area contributed by atoms with Gasteiger partial charge in [-0.1, -0.05) is 0 Å². The van der Waals surface area contributed by atoms with Crippen LogP contribution in [0.15, 0.2) is 17.0 Å². The molecule has 0 aromatic heterocycles. The van der Waals surface area contributed by atoms with E-state index >= 15 is 0 Å². The van der Waals surface area contributed by atoms with E-state index in [-0.39, 0.29) is 22.5 Å². The van der Waals surface area contributed by atoms with Crippen LogP contribution in [0, 0.1) is 13.8 Å². The fourth-order valence-electron chi connectivity index (χ4n) is 2.33. The standard InChI is InChI=1S/C14H18ClNO4S/c1-9-6-11(7-13(10(9)2)21(15,18)19)14(17)16-8-12-4-3-5-20-12/h6-7,12H,3-5,8H2,1-2H3,(H,16,17). The minimum absolute atomic E-state index is 0.0218. The average molecular weight is 332 g/mol. The number of ether oxygens (including phenoxy) is 1. The highest BCUT2D eigenvalue weighted by atomic mass is 35.7. The largest absolute Gasteiger partial charge is 0.376 e. The number of benzene rings is 1. The summed E-state index contributed by atoms with van der Waals surface area (Å²) >= 11 is 0. The number of nitrogens with one attached hydrogen (secondary N) is 1. The molecule has 1 aliphatic rings. The third-order valence-corrected chi connectivity index (χ3v) is 5.11. The van der Waals surface area contributed by atoms with Gasteiger partial charge in [-0.3, -0.25) is 4.79 Å². The summed E-state index contributed by atoms with van der Waals surface area (Å²) in [4.78, 5) is 12.1. The Balaban J connectivity index is 2.19. The highest BCUT2D eigenvalue weighted by molar-refractivity contribution is 8.13. The summed E-state index contributed by atoms with van der Waals surface area (Å²) in [5, 5.41) is 2.76. The van der Waals surface area contributed by atoms with Crippen LogP contribution in [0.2, 0.25) is 0 Å². The SMILES string of the molecule is Cc1cc(C(=O)NCC2CCCO2)cc(S(=O)(=O)Cl)c1C. The Kier molecular flexibility index (Phi) is 4.91. The maximum atomic E-state index is 12.1. The van der Waals surface area contributed by atoms with Crippen LogP contribution < -0.4 is 5.32 Å². The number of rotatable bonds is 4. The van der Waals surface area contributed by atoms with E-state index in [4.69, 9.17) is 15.4 Å². The van der Waals surface area contributed by atoms with Gasteiger partial charge in [-0.15, -0.1) is 0 Å². The molecule has 5 nitrogen and oxygen atoms in total. The summed E-state index contributed by atoms with van der Waals surface area (Å²) in [7, 11) is 1.54. The molecule has 1 aromatic rings. The zero-order valence-corrected chi connectivity index (χ0v) is 13.6. The molecular weight excluding hydrogens is 314 g/mol. The molecule has 1 amide bonds. The van der Waals surface area contributed by atoms with E-state index < -0.39 is 9.05 Å². The quantitative estimate of drug-likeness (QED) is 0.858. The first-order valence-corrected chi connectivity index (χ1v) is 9.05. The van der Waals surface area contributed by atoms with E-state index in [1.165, 1.54) is 6.07 Å². The van der Waals surface area contributed by atoms with Crippen LogP contribution in [0.5, 0.6) is 0 Å². The van der Waals surface area contributed by atoms with Crippen molar-refractivity contribution >= 4 is 25.6 Å². The number of carbonyl (C=O) groups excluding carboxylic acids is 1. The molecule has 116 valence electrons. The van der Waals surface area contributed by atoms with E-state index in [1.54, 1.807) is 19.9 Å². The van der Waals surface area contributed by atoms with Gasteiger partial charge < -0.3 is 10.1 Å². The average Bonchev–Trinajstić information content (AvgIpc) is 2.90. The first kappa shape index (κ1) is 16.3. The highest BCUT2D eigenvalue weighted by Gasteiger charge is 2.20. The zero-order chi connectivity index (χ0) is 15.6. The Morgan fingerprint density at radius 2 is 2.14 bits per heavy atom. The predicted molar refractivity (Wildman–Crippen MR) is 80.3 cm³/mol. The number of amides is 1. The zero-order valence-electron chi connectivity index (χ0n) is 12.0. The molecule has 7 heteroatoms. The fraction of sp³-hybridized carbons (Fsp3) is 0.500. The Hall–Kier alpha value is -1.11. The molecule has 1 atom stereocenters. The second-order valence-corrected chi connectivity index (χ2v) is 7.73. The van der Waals surface area contributed by atoms with Gasteiger partial charge in [0.1, 0.15) is 0 Å². The minimum Gasteiger partial charge on any atom is -0.376 e. The monoisotopic (exact) mass is 331 g/mol. The van der Waals surface area contributed by atoms with Crippen molar-refractivity contribution in [1.29, 1.82) is 0 Å². The van der Waals surface area contributed by atoms with Crippen LogP contribution in [-0.2, 0) is 13.8 Å². The molecule has 1 aliphatic heterocycles. The number of aryl methyl sites for hydroxylation is 1. The lowest BCUT2D eigenvalue weighted by atomic mass is 10.1. The highest BCUT2D eigenvalue weighted by Crippen LogP contribution is 2.24. The van der Waals surface area contributed by atoms with Gasteiger partial charge in [-0.2, -0.15) is 0 Å². The second kappa shape index (κ2) is 6.34. The third kappa shape index (κ3) is 3.96. The second-order valence-electron chi connectivity index (χ2n) is 5.20. The van der Waals surface area contributed by atoms with E-state index in [2.05, 4.69) is 5.32 Å². The Bertz CT molecular complexity index is 651. The van der Waals surface area contributed by atoms with Crippen molar-refractivity contribution in [2.24, 2.45) is 0 Å². The smallest absolute Gasteiger partial charge is 0.261 e. The van der Waals surface area contributed by atoms with Crippen LogP contribution in [0.25, 0.3) is 0 Å². The van der Waals surface area contributed by atoms with Crippen LogP contribution in [0.3, 0.4) is 0 Å². The van der Waals surface area contributed by atoms with Crippen LogP contribution >= 0.6 is 10.7 Å². The molecule has 1 aromatic carbocycles. The summed E-state index contributed by atoms with van der Waals surface area (Å²) in [5.74, 6) is -0.324. The van der Waals surface area contributed by atoms with Crippen molar-refractivity contribution in [1.82, 2.24) is 5.32 Å². The maximum absolute atomic E-state index is 12.1.